The molecule has 0 saturated heterocycles. The highest BCUT2D eigenvalue weighted by Gasteiger charge is 2.26. The van der Waals surface area contributed by atoms with Gasteiger partial charge in [0, 0.05) is 32.7 Å². The van der Waals surface area contributed by atoms with E-state index in [1.165, 1.54) is 17.0 Å². The first-order valence-electron chi connectivity index (χ1n) is 11.6. The van der Waals surface area contributed by atoms with Gasteiger partial charge in [-0.25, -0.2) is 13.1 Å². The van der Waals surface area contributed by atoms with Gasteiger partial charge in [-0.2, -0.15) is 0 Å². The standard InChI is InChI=1S/C25H35N3O6S/c1-4-27-35(32,33)23-13-8-20(9-14-23)10-15-24(30)28(19(2)25(31)26-16-5-17-29)18-21-6-11-22(34-3)12-7-21/h6-9,11-14,19,27,29H,4-5,10,15-18H2,1-3H3,(H,26,31)/t19-/m0/s1. The topological polar surface area (TPSA) is 125 Å². The minimum Gasteiger partial charge on any atom is -0.497 e. The third kappa shape index (κ3) is 8.65. The number of nitrogens with one attached hydrogen (secondary N) is 2. The first kappa shape index (κ1) is 28.3. The third-order valence-electron chi connectivity index (χ3n) is 5.51. The number of rotatable bonds is 14. The molecule has 0 spiro atoms. The number of aryl methyl sites for hydroxylation is 1. The van der Waals surface area contributed by atoms with E-state index in [9.17, 15) is 18.0 Å². The van der Waals surface area contributed by atoms with Crippen LogP contribution in [0.15, 0.2) is 53.4 Å². The van der Waals surface area contributed by atoms with Gasteiger partial charge in [0.25, 0.3) is 0 Å². The molecule has 192 valence electrons. The van der Waals surface area contributed by atoms with Crippen LogP contribution in [-0.4, -0.2) is 63.1 Å². The first-order chi connectivity index (χ1) is 16.7. The molecule has 0 radical (unpaired) electrons. The van der Waals surface area contributed by atoms with E-state index in [0.29, 0.717) is 31.7 Å². The minimum absolute atomic E-state index is 0.0300. The second-order valence-electron chi connectivity index (χ2n) is 8.06. The molecular weight excluding hydrogens is 470 g/mol. The lowest BCUT2D eigenvalue weighted by atomic mass is 10.1. The molecule has 0 bridgehead atoms. The largest absolute Gasteiger partial charge is 0.497 e. The molecule has 9 nitrogen and oxygen atoms in total. The number of amides is 2. The summed E-state index contributed by atoms with van der Waals surface area (Å²) in [5.41, 5.74) is 1.67. The second-order valence-corrected chi connectivity index (χ2v) is 9.83. The van der Waals surface area contributed by atoms with Crippen molar-refractivity contribution >= 4 is 21.8 Å². The van der Waals surface area contributed by atoms with Gasteiger partial charge >= 0.3 is 0 Å². The number of carbonyl (C=O) groups is 2. The quantitative estimate of drug-likeness (QED) is 0.337. The summed E-state index contributed by atoms with van der Waals surface area (Å²) >= 11 is 0. The Bertz CT molecular complexity index is 1060. The van der Waals surface area contributed by atoms with E-state index in [2.05, 4.69) is 10.0 Å². The minimum atomic E-state index is -3.54. The van der Waals surface area contributed by atoms with Crippen LogP contribution in [0.1, 0.15) is 37.8 Å². The number of hydrogen-bond donors (Lipinski definition) is 3. The Hall–Kier alpha value is -2.95. The van der Waals surface area contributed by atoms with Gasteiger partial charge in [0.2, 0.25) is 21.8 Å². The number of methoxy groups -OCH3 is 1. The van der Waals surface area contributed by atoms with Crippen molar-refractivity contribution in [3.05, 3.63) is 59.7 Å². The van der Waals surface area contributed by atoms with Crippen LogP contribution in [0, 0.1) is 0 Å². The number of benzene rings is 2. The molecule has 0 heterocycles. The number of hydrogen-bond acceptors (Lipinski definition) is 6. The summed E-state index contributed by atoms with van der Waals surface area (Å²) < 4.78 is 31.9. The van der Waals surface area contributed by atoms with Crippen LogP contribution in [0.25, 0.3) is 0 Å². The van der Waals surface area contributed by atoms with Gasteiger partial charge in [0.15, 0.2) is 0 Å². The van der Waals surface area contributed by atoms with Gasteiger partial charge < -0.3 is 20.1 Å². The molecule has 3 N–H and O–H groups in total. The third-order valence-corrected chi connectivity index (χ3v) is 7.07. The predicted octanol–water partition coefficient (Wildman–Crippen LogP) is 1.84. The van der Waals surface area contributed by atoms with Gasteiger partial charge in [-0.1, -0.05) is 31.2 Å². The Morgan fingerprint density at radius 1 is 1.06 bits per heavy atom. The Kier molecular flexibility index (Phi) is 11.2. The van der Waals surface area contributed by atoms with E-state index in [4.69, 9.17) is 9.84 Å². The van der Waals surface area contributed by atoms with Gasteiger partial charge in [0.1, 0.15) is 11.8 Å². The van der Waals surface area contributed by atoms with Crippen molar-refractivity contribution in [3.8, 4) is 5.75 Å². The van der Waals surface area contributed by atoms with E-state index in [-0.39, 0.29) is 36.3 Å². The summed E-state index contributed by atoms with van der Waals surface area (Å²) in [4.78, 5) is 27.5. The first-order valence-corrected chi connectivity index (χ1v) is 13.1. The summed E-state index contributed by atoms with van der Waals surface area (Å²) in [6, 6.07) is 13.0. The number of carbonyl (C=O) groups excluding carboxylic acids is 2. The molecular formula is C25H35N3O6S. The number of aliphatic hydroxyl groups is 1. The molecule has 2 rings (SSSR count). The van der Waals surface area contributed by atoms with E-state index in [1.54, 1.807) is 45.2 Å². The van der Waals surface area contributed by atoms with Gasteiger partial charge in [-0.15, -0.1) is 0 Å². The number of nitrogens with zero attached hydrogens (tertiary/aromatic N) is 1. The van der Waals surface area contributed by atoms with Crippen molar-refractivity contribution < 1.29 is 27.9 Å². The average Bonchev–Trinajstić information content (AvgIpc) is 2.86. The lowest BCUT2D eigenvalue weighted by Crippen LogP contribution is -2.48. The Balaban J connectivity index is 2.12. The SMILES string of the molecule is CCNS(=O)(=O)c1ccc(CCC(=O)N(Cc2ccc(OC)cc2)[C@@H](C)C(=O)NCCCO)cc1. The van der Waals surface area contributed by atoms with Crippen molar-refractivity contribution in [2.45, 2.75) is 50.6 Å². The molecule has 0 aliphatic heterocycles. The van der Waals surface area contributed by atoms with E-state index < -0.39 is 16.1 Å². The maximum atomic E-state index is 13.2. The summed E-state index contributed by atoms with van der Waals surface area (Å²) in [6.07, 6.45) is 0.992. The average molecular weight is 506 g/mol. The fourth-order valence-electron chi connectivity index (χ4n) is 3.45. The lowest BCUT2D eigenvalue weighted by molar-refractivity contribution is -0.140. The van der Waals surface area contributed by atoms with Crippen LogP contribution in [0.5, 0.6) is 5.75 Å². The van der Waals surface area contributed by atoms with Crippen LogP contribution in [0.3, 0.4) is 0 Å². The number of ether oxygens (including phenoxy) is 1. The molecule has 0 aliphatic carbocycles. The zero-order valence-electron chi connectivity index (χ0n) is 20.5. The molecule has 35 heavy (non-hydrogen) atoms. The highest BCUT2D eigenvalue weighted by molar-refractivity contribution is 7.89. The maximum absolute atomic E-state index is 13.2. The summed E-state index contributed by atoms with van der Waals surface area (Å²) in [7, 11) is -1.96. The molecule has 0 saturated carbocycles. The van der Waals surface area contributed by atoms with Gasteiger partial charge in [-0.05, 0) is 55.2 Å². The zero-order chi connectivity index (χ0) is 25.8. The van der Waals surface area contributed by atoms with Gasteiger partial charge in [0.05, 0.1) is 12.0 Å². The molecule has 2 aromatic rings. The molecule has 2 aromatic carbocycles. The predicted molar refractivity (Wildman–Crippen MR) is 133 cm³/mol. The molecule has 0 aromatic heterocycles. The fraction of sp³-hybridized carbons (Fsp3) is 0.440. The van der Waals surface area contributed by atoms with Crippen molar-refractivity contribution in [2.24, 2.45) is 0 Å². The lowest BCUT2D eigenvalue weighted by Gasteiger charge is -2.29. The van der Waals surface area contributed by atoms with Crippen molar-refractivity contribution in [1.29, 1.82) is 0 Å². The van der Waals surface area contributed by atoms with E-state index >= 15 is 0 Å². The summed E-state index contributed by atoms with van der Waals surface area (Å²) in [5.74, 6) is 0.203. The highest BCUT2D eigenvalue weighted by atomic mass is 32.2. The van der Waals surface area contributed by atoms with Gasteiger partial charge in [-0.3, -0.25) is 9.59 Å². The number of aliphatic hydroxyl groups excluding tert-OH is 1. The summed E-state index contributed by atoms with van der Waals surface area (Å²) in [5, 5.41) is 11.7. The highest BCUT2D eigenvalue weighted by Crippen LogP contribution is 2.17. The Morgan fingerprint density at radius 3 is 2.26 bits per heavy atom. The van der Waals surface area contributed by atoms with E-state index in [1.807, 2.05) is 12.1 Å². The summed E-state index contributed by atoms with van der Waals surface area (Å²) in [6.45, 7) is 4.23. The normalized spacial score (nSPS) is 12.1. The Morgan fingerprint density at radius 2 is 1.69 bits per heavy atom. The van der Waals surface area contributed by atoms with Crippen molar-refractivity contribution in [1.82, 2.24) is 14.9 Å². The van der Waals surface area contributed by atoms with Crippen molar-refractivity contribution in [2.75, 3.05) is 26.8 Å². The molecule has 2 amide bonds. The van der Waals surface area contributed by atoms with Crippen LogP contribution in [0.4, 0.5) is 0 Å². The molecule has 10 heteroatoms. The van der Waals surface area contributed by atoms with Crippen molar-refractivity contribution in [3.63, 3.8) is 0 Å². The monoisotopic (exact) mass is 505 g/mol. The van der Waals surface area contributed by atoms with Crippen LogP contribution >= 0.6 is 0 Å². The van der Waals surface area contributed by atoms with Crippen LogP contribution < -0.4 is 14.8 Å². The molecule has 0 aliphatic rings. The molecule has 0 unspecified atom stereocenters. The Labute approximate surface area is 207 Å². The second kappa shape index (κ2) is 13.8. The van der Waals surface area contributed by atoms with E-state index in [0.717, 1.165) is 11.1 Å². The molecule has 0 fully saturated rings. The number of sulfonamides is 1. The van der Waals surface area contributed by atoms with Crippen LogP contribution in [0.2, 0.25) is 0 Å². The van der Waals surface area contributed by atoms with Crippen LogP contribution in [-0.2, 0) is 32.6 Å². The maximum Gasteiger partial charge on any atom is 0.242 e. The molecule has 1 atom stereocenters. The zero-order valence-corrected chi connectivity index (χ0v) is 21.3. The smallest absolute Gasteiger partial charge is 0.242 e. The fourth-order valence-corrected chi connectivity index (χ4v) is 4.49.